The molecule has 0 atom stereocenters. The van der Waals surface area contributed by atoms with Crippen molar-refractivity contribution < 1.29 is 4.74 Å². The van der Waals surface area contributed by atoms with Gasteiger partial charge in [0.25, 0.3) is 0 Å². The predicted molar refractivity (Wildman–Crippen MR) is 123 cm³/mol. The van der Waals surface area contributed by atoms with Crippen molar-refractivity contribution in [3.63, 3.8) is 0 Å². The van der Waals surface area contributed by atoms with Gasteiger partial charge < -0.3 is 15.5 Å². The smallest absolute Gasteiger partial charge is 0.226 e. The summed E-state index contributed by atoms with van der Waals surface area (Å²) in [4.78, 5) is 8.97. The molecule has 0 aliphatic heterocycles. The molecule has 0 spiro atoms. The van der Waals surface area contributed by atoms with Gasteiger partial charge in [0.1, 0.15) is 0 Å². The van der Waals surface area contributed by atoms with E-state index in [1.54, 1.807) is 19.2 Å². The van der Waals surface area contributed by atoms with Crippen molar-refractivity contribution in [2.24, 2.45) is 0 Å². The van der Waals surface area contributed by atoms with E-state index in [-0.39, 0.29) is 0 Å². The highest BCUT2D eigenvalue weighted by atomic mass is 35.5. The van der Waals surface area contributed by atoms with E-state index in [4.69, 9.17) is 33.3 Å². The number of nitrogens with zero attached hydrogens (tertiary/aromatic N) is 2. The summed E-state index contributed by atoms with van der Waals surface area (Å²) in [6.07, 6.45) is 5.04. The number of halogens is 2. The number of nitrogens with one attached hydrogen (secondary N) is 2. The van der Waals surface area contributed by atoms with Gasteiger partial charge in [0.05, 0.1) is 22.8 Å². The quantitative estimate of drug-likeness (QED) is 0.299. The Hall–Kier alpha value is -2.63. The monoisotopic (exact) mass is 442 g/mol. The van der Waals surface area contributed by atoms with Crippen LogP contribution in [-0.4, -0.2) is 23.3 Å². The van der Waals surface area contributed by atoms with Gasteiger partial charge in [0.15, 0.2) is 0 Å². The summed E-state index contributed by atoms with van der Waals surface area (Å²) >= 11 is 12.0. The molecule has 5 nitrogen and oxygen atoms in total. The van der Waals surface area contributed by atoms with Crippen molar-refractivity contribution in [1.82, 2.24) is 9.97 Å². The van der Waals surface area contributed by atoms with Gasteiger partial charge >= 0.3 is 0 Å². The minimum Gasteiger partial charge on any atom is -0.481 e. The number of rotatable bonds is 10. The van der Waals surface area contributed by atoms with Crippen molar-refractivity contribution in [2.75, 3.05) is 12.4 Å². The lowest BCUT2D eigenvalue weighted by Crippen LogP contribution is -2.10. The molecule has 1 aromatic heterocycles. The Morgan fingerprint density at radius 3 is 2.43 bits per heavy atom. The normalized spacial score (nSPS) is 10.6. The molecule has 0 aliphatic carbocycles. The lowest BCUT2D eigenvalue weighted by Gasteiger charge is -2.13. The van der Waals surface area contributed by atoms with E-state index in [0.717, 1.165) is 36.8 Å². The second-order valence-electron chi connectivity index (χ2n) is 6.86. The maximum atomic E-state index is 7.79. The van der Waals surface area contributed by atoms with Crippen LogP contribution in [0.3, 0.4) is 0 Å². The van der Waals surface area contributed by atoms with Crippen LogP contribution < -0.4 is 10.1 Å². The Labute approximate surface area is 186 Å². The van der Waals surface area contributed by atoms with Gasteiger partial charge in [0, 0.05) is 18.3 Å². The molecule has 0 unspecified atom stereocenters. The molecule has 30 heavy (non-hydrogen) atoms. The molecule has 3 aromatic rings. The zero-order valence-corrected chi connectivity index (χ0v) is 18.3. The number of unbranched alkanes of at least 4 members (excludes halogenated alkanes) is 1. The molecule has 3 rings (SSSR count). The van der Waals surface area contributed by atoms with Gasteiger partial charge in [-0.25, -0.2) is 4.98 Å². The van der Waals surface area contributed by atoms with Crippen molar-refractivity contribution >= 4 is 35.4 Å². The van der Waals surface area contributed by atoms with Gasteiger partial charge in [-0.2, -0.15) is 4.98 Å². The number of aromatic nitrogens is 2. The molecule has 2 N–H and O–H groups in total. The predicted octanol–water partition coefficient (Wildman–Crippen LogP) is 5.97. The fourth-order valence-electron chi connectivity index (χ4n) is 3.19. The molecule has 2 aromatic carbocycles. The fourth-order valence-corrected chi connectivity index (χ4v) is 3.51. The Balaban J connectivity index is 1.65. The number of benzene rings is 2. The summed E-state index contributed by atoms with van der Waals surface area (Å²) in [6.45, 7) is 0.480. The number of methoxy groups -OCH3 is 1. The second-order valence-corrected chi connectivity index (χ2v) is 7.67. The molecule has 0 amide bonds. The van der Waals surface area contributed by atoms with Crippen molar-refractivity contribution in [1.29, 1.82) is 5.41 Å². The summed E-state index contributed by atoms with van der Waals surface area (Å²) < 4.78 is 5.50. The maximum Gasteiger partial charge on any atom is 0.226 e. The van der Waals surface area contributed by atoms with Crippen LogP contribution in [-0.2, 0) is 19.4 Å². The topological polar surface area (TPSA) is 70.9 Å². The SMILES string of the molecule is COc1nc(NCc2ccc(Cl)c(Cl)c2)nc(C=N)c1CCCCc1ccccc1. The van der Waals surface area contributed by atoms with E-state index in [2.05, 4.69) is 39.6 Å². The largest absolute Gasteiger partial charge is 0.481 e. The third-order valence-electron chi connectivity index (χ3n) is 4.75. The molecule has 0 bridgehead atoms. The zero-order valence-electron chi connectivity index (χ0n) is 16.8. The number of ether oxygens (including phenoxy) is 1. The van der Waals surface area contributed by atoms with Crippen molar-refractivity contribution in [2.45, 2.75) is 32.2 Å². The molecular weight excluding hydrogens is 419 g/mol. The number of anilines is 1. The van der Waals surface area contributed by atoms with Crippen LogP contribution in [0, 0.1) is 5.41 Å². The molecule has 0 saturated carbocycles. The molecule has 156 valence electrons. The zero-order chi connectivity index (χ0) is 21.3. The average Bonchev–Trinajstić information content (AvgIpc) is 2.78. The van der Waals surface area contributed by atoms with E-state index in [1.165, 1.54) is 11.8 Å². The van der Waals surface area contributed by atoms with E-state index >= 15 is 0 Å². The average molecular weight is 443 g/mol. The summed E-state index contributed by atoms with van der Waals surface area (Å²) in [5.74, 6) is 0.907. The number of aryl methyl sites for hydroxylation is 1. The van der Waals surface area contributed by atoms with E-state index in [9.17, 15) is 0 Å². The first-order chi connectivity index (χ1) is 14.6. The van der Waals surface area contributed by atoms with Crippen LogP contribution in [0.4, 0.5) is 5.95 Å². The highest BCUT2D eigenvalue weighted by Crippen LogP contribution is 2.25. The minimum atomic E-state index is 0.407. The lowest BCUT2D eigenvalue weighted by molar-refractivity contribution is 0.391. The van der Waals surface area contributed by atoms with Gasteiger partial charge in [-0.3, -0.25) is 0 Å². The standard InChI is InChI=1S/C23H24Cl2N4O/c1-30-22-18(10-6-5-9-16-7-3-2-4-8-16)21(14-26)28-23(29-22)27-15-17-11-12-19(24)20(25)13-17/h2-4,7-8,11-14,26H,5-6,9-10,15H2,1H3,(H,27,28,29). The molecule has 0 saturated heterocycles. The third-order valence-corrected chi connectivity index (χ3v) is 5.49. The van der Waals surface area contributed by atoms with Crippen molar-refractivity contribution in [3.05, 3.63) is 81.0 Å². The first-order valence-corrected chi connectivity index (χ1v) is 10.5. The van der Waals surface area contributed by atoms with Gasteiger partial charge in [-0.1, -0.05) is 59.6 Å². The van der Waals surface area contributed by atoms with E-state index in [0.29, 0.717) is 34.1 Å². The van der Waals surface area contributed by atoms with Crippen molar-refractivity contribution in [3.8, 4) is 5.88 Å². The highest BCUT2D eigenvalue weighted by molar-refractivity contribution is 6.42. The van der Waals surface area contributed by atoms with E-state index in [1.807, 2.05) is 12.1 Å². The molecule has 1 heterocycles. The van der Waals surface area contributed by atoms with Gasteiger partial charge in [-0.05, 0) is 48.9 Å². The molecular formula is C23H24Cl2N4O. The van der Waals surface area contributed by atoms with Crippen LogP contribution in [0.1, 0.15) is 35.2 Å². The summed E-state index contributed by atoms with van der Waals surface area (Å²) in [5, 5.41) is 12.0. The van der Waals surface area contributed by atoms with Crippen LogP contribution in [0.25, 0.3) is 0 Å². The van der Waals surface area contributed by atoms with Gasteiger partial charge in [0.2, 0.25) is 11.8 Å². The summed E-state index contributed by atoms with van der Waals surface area (Å²) in [6, 6.07) is 15.9. The summed E-state index contributed by atoms with van der Waals surface area (Å²) in [5.41, 5.74) is 3.71. The molecule has 0 fully saturated rings. The fraction of sp³-hybridized carbons (Fsp3) is 0.261. The van der Waals surface area contributed by atoms with Crippen LogP contribution in [0.5, 0.6) is 5.88 Å². The summed E-state index contributed by atoms with van der Waals surface area (Å²) in [7, 11) is 1.59. The number of hydrogen-bond donors (Lipinski definition) is 2. The second kappa shape index (κ2) is 11.0. The van der Waals surface area contributed by atoms with Gasteiger partial charge in [-0.15, -0.1) is 0 Å². The third kappa shape index (κ3) is 5.94. The minimum absolute atomic E-state index is 0.407. The van der Waals surface area contributed by atoms with Crippen LogP contribution in [0.2, 0.25) is 10.0 Å². The Bertz CT molecular complexity index is 996. The Morgan fingerprint density at radius 2 is 1.73 bits per heavy atom. The molecule has 0 aliphatic rings. The van der Waals surface area contributed by atoms with E-state index < -0.39 is 0 Å². The first-order valence-electron chi connectivity index (χ1n) is 9.78. The highest BCUT2D eigenvalue weighted by Gasteiger charge is 2.14. The Kier molecular flexibility index (Phi) is 8.05. The van der Waals surface area contributed by atoms with Crippen LogP contribution >= 0.6 is 23.2 Å². The van der Waals surface area contributed by atoms with Crippen LogP contribution in [0.15, 0.2) is 48.5 Å². The molecule has 0 radical (unpaired) electrons. The molecule has 7 heteroatoms. The first kappa shape index (κ1) is 22.1. The maximum absolute atomic E-state index is 7.79. The lowest BCUT2D eigenvalue weighted by atomic mass is 10.0. The number of hydrogen-bond acceptors (Lipinski definition) is 5. The Morgan fingerprint density at radius 1 is 0.967 bits per heavy atom.